The molecule has 0 saturated heterocycles. The molecule has 0 N–H and O–H groups in total. The van der Waals surface area contributed by atoms with Crippen LogP contribution in [-0.4, -0.2) is 37.2 Å². The minimum Gasteiger partial charge on any atom is -0.462 e. The summed E-state index contributed by atoms with van der Waals surface area (Å²) in [7, 11) is 0. The Hall–Kier alpha value is -2.89. The van der Waals surface area contributed by atoms with Crippen LogP contribution in [0.2, 0.25) is 0 Å². The summed E-state index contributed by atoms with van der Waals surface area (Å²) in [6.45, 7) is 6.42. The molecule has 6 nitrogen and oxygen atoms in total. The number of carbonyl (C=O) groups excluding carboxylic acids is 3. The molecule has 0 heterocycles. The molecule has 0 spiro atoms. The van der Waals surface area contributed by atoms with E-state index in [1.807, 2.05) is 0 Å². The standard InChI is InChI=1S/C51H88O6/c1-4-7-10-13-16-19-21-23-24-25-26-28-29-32-35-38-41-44-50(53)56-47-48(46-55-49(52)43-40-37-34-31-18-15-12-9-6-3)57-51(54)45-42-39-36-33-30-27-22-20-17-14-11-8-5-2/h9,12,18,23-24,26,28,31-32,35,48H,4-8,10-11,13-17,19-22,25,27,29-30,33-34,36-47H2,1-3H3/b12-9-,24-23-,28-26-,31-18-,35-32-. The Labute approximate surface area is 351 Å². The maximum atomic E-state index is 12.7. The van der Waals surface area contributed by atoms with Crippen LogP contribution in [-0.2, 0) is 28.6 Å². The van der Waals surface area contributed by atoms with E-state index >= 15 is 0 Å². The summed E-state index contributed by atoms with van der Waals surface area (Å²) in [5.74, 6) is -0.993. The molecule has 0 saturated carbocycles. The van der Waals surface area contributed by atoms with Crippen molar-refractivity contribution >= 4 is 17.9 Å². The first-order valence-electron chi connectivity index (χ1n) is 23.8. The van der Waals surface area contributed by atoms with Crippen molar-refractivity contribution in [3.63, 3.8) is 0 Å². The highest BCUT2D eigenvalue weighted by Crippen LogP contribution is 2.14. The quantitative estimate of drug-likeness (QED) is 0.0265. The lowest BCUT2D eigenvalue weighted by molar-refractivity contribution is -0.167. The Morgan fingerprint density at radius 3 is 1.18 bits per heavy atom. The molecule has 0 bridgehead atoms. The molecule has 0 rings (SSSR count). The second-order valence-electron chi connectivity index (χ2n) is 15.6. The lowest BCUT2D eigenvalue weighted by atomic mass is 10.0. The maximum absolute atomic E-state index is 12.7. The first-order chi connectivity index (χ1) is 28.0. The first-order valence-corrected chi connectivity index (χ1v) is 23.8. The van der Waals surface area contributed by atoms with E-state index in [9.17, 15) is 14.4 Å². The average molecular weight is 797 g/mol. The number of hydrogen-bond acceptors (Lipinski definition) is 6. The van der Waals surface area contributed by atoms with Gasteiger partial charge in [-0.3, -0.25) is 14.4 Å². The van der Waals surface area contributed by atoms with Gasteiger partial charge in [-0.15, -0.1) is 0 Å². The van der Waals surface area contributed by atoms with E-state index in [2.05, 4.69) is 81.5 Å². The summed E-state index contributed by atoms with van der Waals surface area (Å²) in [5.41, 5.74) is 0. The molecule has 0 fully saturated rings. The SMILES string of the molecule is CC/C=C\C/C=C\CCCCC(=O)OCC(COC(=O)CCC/C=C\C/C=C\C/C=C\CCCCCCCC)OC(=O)CCCCCCCCCCCCCCC. The second-order valence-corrected chi connectivity index (χ2v) is 15.6. The number of ether oxygens (including phenoxy) is 3. The fourth-order valence-corrected chi connectivity index (χ4v) is 6.44. The lowest BCUT2D eigenvalue weighted by Crippen LogP contribution is -2.30. The maximum Gasteiger partial charge on any atom is 0.306 e. The molecule has 328 valence electrons. The minimum absolute atomic E-state index is 0.106. The Balaban J connectivity index is 4.43. The van der Waals surface area contributed by atoms with Gasteiger partial charge in [0.2, 0.25) is 0 Å². The van der Waals surface area contributed by atoms with Gasteiger partial charge < -0.3 is 14.2 Å². The average Bonchev–Trinajstić information content (AvgIpc) is 3.21. The van der Waals surface area contributed by atoms with Crippen LogP contribution < -0.4 is 0 Å². The molecule has 1 atom stereocenters. The van der Waals surface area contributed by atoms with Gasteiger partial charge in [0.05, 0.1) is 0 Å². The van der Waals surface area contributed by atoms with Crippen LogP contribution in [0.25, 0.3) is 0 Å². The third kappa shape index (κ3) is 44.1. The van der Waals surface area contributed by atoms with Gasteiger partial charge in [0.15, 0.2) is 6.10 Å². The van der Waals surface area contributed by atoms with E-state index in [0.29, 0.717) is 19.3 Å². The summed E-state index contributed by atoms with van der Waals surface area (Å²) in [6.07, 6.45) is 55.1. The van der Waals surface area contributed by atoms with E-state index in [4.69, 9.17) is 14.2 Å². The first kappa shape index (κ1) is 54.1. The molecule has 0 aliphatic carbocycles. The third-order valence-corrected chi connectivity index (χ3v) is 10.0. The van der Waals surface area contributed by atoms with Crippen LogP contribution in [0.4, 0.5) is 0 Å². The zero-order chi connectivity index (χ0) is 41.5. The van der Waals surface area contributed by atoms with Gasteiger partial charge in [-0.2, -0.15) is 0 Å². The van der Waals surface area contributed by atoms with Crippen molar-refractivity contribution in [1.82, 2.24) is 0 Å². The molecule has 1 unspecified atom stereocenters. The van der Waals surface area contributed by atoms with Crippen molar-refractivity contribution in [3.05, 3.63) is 60.8 Å². The Bertz CT molecular complexity index is 1050. The van der Waals surface area contributed by atoms with Crippen LogP contribution in [0.15, 0.2) is 60.8 Å². The van der Waals surface area contributed by atoms with Crippen LogP contribution >= 0.6 is 0 Å². The van der Waals surface area contributed by atoms with Gasteiger partial charge in [0, 0.05) is 19.3 Å². The lowest BCUT2D eigenvalue weighted by Gasteiger charge is -2.18. The summed E-state index contributed by atoms with van der Waals surface area (Å²) in [5, 5.41) is 0. The number of hydrogen-bond donors (Lipinski definition) is 0. The third-order valence-electron chi connectivity index (χ3n) is 10.0. The fourth-order valence-electron chi connectivity index (χ4n) is 6.44. The van der Waals surface area contributed by atoms with E-state index in [0.717, 1.165) is 70.6 Å². The molecule has 0 aliphatic heterocycles. The van der Waals surface area contributed by atoms with Crippen LogP contribution in [0.3, 0.4) is 0 Å². The summed E-state index contributed by atoms with van der Waals surface area (Å²) in [4.78, 5) is 37.7. The monoisotopic (exact) mass is 797 g/mol. The van der Waals surface area contributed by atoms with E-state index < -0.39 is 6.10 Å². The molecule has 6 heteroatoms. The van der Waals surface area contributed by atoms with Crippen LogP contribution in [0, 0.1) is 0 Å². The van der Waals surface area contributed by atoms with E-state index in [-0.39, 0.29) is 37.5 Å². The van der Waals surface area contributed by atoms with Gasteiger partial charge in [-0.05, 0) is 77.0 Å². The zero-order valence-electron chi connectivity index (χ0n) is 37.3. The van der Waals surface area contributed by atoms with E-state index in [1.165, 1.54) is 109 Å². The molecule has 0 aromatic carbocycles. The van der Waals surface area contributed by atoms with Crippen LogP contribution in [0.5, 0.6) is 0 Å². The number of allylic oxidation sites excluding steroid dienone is 10. The minimum atomic E-state index is -0.802. The topological polar surface area (TPSA) is 78.9 Å². The smallest absolute Gasteiger partial charge is 0.306 e. The van der Waals surface area contributed by atoms with Gasteiger partial charge in [-0.1, -0.05) is 191 Å². The molecule has 0 radical (unpaired) electrons. The Kier molecular flexibility index (Phi) is 43.5. The molecule has 0 amide bonds. The highest BCUT2D eigenvalue weighted by Gasteiger charge is 2.19. The predicted molar refractivity (Wildman–Crippen MR) is 242 cm³/mol. The van der Waals surface area contributed by atoms with Crippen molar-refractivity contribution in [2.45, 2.75) is 232 Å². The predicted octanol–water partition coefficient (Wildman–Crippen LogP) is 15.3. The van der Waals surface area contributed by atoms with Crippen molar-refractivity contribution in [3.8, 4) is 0 Å². The fraction of sp³-hybridized carbons (Fsp3) is 0.745. The van der Waals surface area contributed by atoms with Crippen molar-refractivity contribution < 1.29 is 28.6 Å². The van der Waals surface area contributed by atoms with Gasteiger partial charge in [0.1, 0.15) is 13.2 Å². The van der Waals surface area contributed by atoms with Crippen molar-refractivity contribution in [2.75, 3.05) is 13.2 Å². The zero-order valence-corrected chi connectivity index (χ0v) is 37.3. The summed E-state index contributed by atoms with van der Waals surface area (Å²) < 4.78 is 16.6. The molecular weight excluding hydrogens is 709 g/mol. The van der Waals surface area contributed by atoms with E-state index in [1.54, 1.807) is 0 Å². The number of rotatable bonds is 42. The highest BCUT2D eigenvalue weighted by molar-refractivity contribution is 5.71. The second kappa shape index (κ2) is 45.8. The molecule has 0 aromatic heterocycles. The Morgan fingerprint density at radius 1 is 0.368 bits per heavy atom. The molecule has 57 heavy (non-hydrogen) atoms. The summed E-state index contributed by atoms with van der Waals surface area (Å²) >= 11 is 0. The number of unbranched alkanes of at least 4 members (excludes halogenated alkanes) is 21. The Morgan fingerprint density at radius 2 is 0.702 bits per heavy atom. The van der Waals surface area contributed by atoms with Crippen LogP contribution in [0.1, 0.15) is 226 Å². The number of esters is 3. The van der Waals surface area contributed by atoms with Gasteiger partial charge in [0.25, 0.3) is 0 Å². The van der Waals surface area contributed by atoms with Gasteiger partial charge in [-0.25, -0.2) is 0 Å². The largest absolute Gasteiger partial charge is 0.462 e. The van der Waals surface area contributed by atoms with Crippen molar-refractivity contribution in [2.24, 2.45) is 0 Å². The molecular formula is C51H88O6. The summed E-state index contributed by atoms with van der Waals surface area (Å²) in [6, 6.07) is 0. The van der Waals surface area contributed by atoms with Crippen molar-refractivity contribution in [1.29, 1.82) is 0 Å². The normalized spacial score (nSPS) is 12.5. The molecule has 0 aliphatic rings. The molecule has 0 aromatic rings. The van der Waals surface area contributed by atoms with Gasteiger partial charge >= 0.3 is 17.9 Å². The highest BCUT2D eigenvalue weighted by atomic mass is 16.6. The number of carbonyl (C=O) groups is 3.